The van der Waals surface area contributed by atoms with Gasteiger partial charge in [-0.25, -0.2) is 4.79 Å². The van der Waals surface area contributed by atoms with E-state index in [-0.39, 0.29) is 26.4 Å². The zero-order valence-electron chi connectivity index (χ0n) is 18.8. The van der Waals surface area contributed by atoms with Gasteiger partial charge < -0.3 is 19.3 Å². The molecule has 2 N–H and O–H groups in total. The third-order valence-corrected chi connectivity index (χ3v) is 5.73. The van der Waals surface area contributed by atoms with E-state index in [9.17, 15) is 14.7 Å². The Balaban J connectivity index is 1.65. The number of azide groups is 1. The number of aromatic amines is 1. The monoisotopic (exact) mass is 479 g/mol. The van der Waals surface area contributed by atoms with Crippen molar-refractivity contribution in [2.75, 3.05) is 13.2 Å². The smallest absolute Gasteiger partial charge is 0.330 e. The average molecular weight is 479 g/mol. The molecule has 1 aliphatic heterocycles. The zero-order chi connectivity index (χ0) is 24.7. The van der Waals surface area contributed by atoms with Gasteiger partial charge in [-0.05, 0) is 16.7 Å². The van der Waals surface area contributed by atoms with Crippen molar-refractivity contribution in [1.82, 2.24) is 9.55 Å². The third kappa shape index (κ3) is 5.68. The molecule has 0 bridgehead atoms. The van der Waals surface area contributed by atoms with Gasteiger partial charge in [-0.2, -0.15) is 0 Å². The fourth-order valence-corrected chi connectivity index (χ4v) is 4.05. The molecule has 1 saturated heterocycles. The summed E-state index contributed by atoms with van der Waals surface area (Å²) in [5, 5.41) is 14.9. The van der Waals surface area contributed by atoms with Crippen LogP contribution in [0.3, 0.4) is 0 Å². The van der Waals surface area contributed by atoms with Gasteiger partial charge >= 0.3 is 5.69 Å². The lowest BCUT2D eigenvalue weighted by molar-refractivity contribution is -0.151. The molecule has 11 nitrogen and oxygen atoms in total. The van der Waals surface area contributed by atoms with Crippen molar-refractivity contribution < 1.29 is 19.3 Å². The molecule has 2 heterocycles. The highest BCUT2D eigenvalue weighted by molar-refractivity contribution is 5.15. The summed E-state index contributed by atoms with van der Waals surface area (Å²) in [4.78, 5) is 29.0. The van der Waals surface area contributed by atoms with Crippen molar-refractivity contribution in [3.63, 3.8) is 0 Å². The van der Waals surface area contributed by atoms with Crippen LogP contribution in [0.4, 0.5) is 0 Å². The van der Waals surface area contributed by atoms with E-state index in [1.54, 1.807) is 0 Å². The highest BCUT2D eigenvalue weighted by atomic mass is 16.6. The molecule has 0 amide bonds. The number of rotatable bonds is 10. The van der Waals surface area contributed by atoms with Gasteiger partial charge in [0, 0.05) is 17.2 Å². The van der Waals surface area contributed by atoms with Crippen molar-refractivity contribution >= 4 is 0 Å². The Kier molecular flexibility index (Phi) is 7.76. The van der Waals surface area contributed by atoms with Crippen molar-refractivity contribution in [2.24, 2.45) is 5.11 Å². The quantitative estimate of drug-likeness (QED) is 0.259. The van der Waals surface area contributed by atoms with E-state index >= 15 is 0 Å². The van der Waals surface area contributed by atoms with Crippen LogP contribution in [0.1, 0.15) is 17.4 Å². The SMILES string of the molecule is [N-]=[N+]=NC[C@]1(COCc2ccccc2)O[C@@H](n2ccc(=O)[nH]c2=O)[C@@H](O)[C@H]1OCc1ccccc1. The lowest BCUT2D eigenvalue weighted by atomic mass is 9.95. The summed E-state index contributed by atoms with van der Waals surface area (Å²) in [5.74, 6) is 0. The summed E-state index contributed by atoms with van der Waals surface area (Å²) in [7, 11) is 0. The Morgan fingerprint density at radius 3 is 2.34 bits per heavy atom. The number of H-pyrrole nitrogens is 1. The van der Waals surface area contributed by atoms with Crippen LogP contribution < -0.4 is 11.2 Å². The number of ether oxygens (including phenoxy) is 3. The largest absolute Gasteiger partial charge is 0.386 e. The fraction of sp³-hybridized carbons (Fsp3) is 0.333. The molecule has 0 aliphatic carbocycles. The highest BCUT2D eigenvalue weighted by Crippen LogP contribution is 2.40. The lowest BCUT2D eigenvalue weighted by Gasteiger charge is -2.33. The molecule has 0 radical (unpaired) electrons. The molecule has 3 aromatic rings. The van der Waals surface area contributed by atoms with Gasteiger partial charge in [0.15, 0.2) is 6.23 Å². The molecule has 4 rings (SSSR count). The van der Waals surface area contributed by atoms with E-state index in [0.717, 1.165) is 21.8 Å². The van der Waals surface area contributed by atoms with Gasteiger partial charge in [0.25, 0.3) is 5.56 Å². The first-order chi connectivity index (χ1) is 17.0. The number of nitrogens with zero attached hydrogens (tertiary/aromatic N) is 4. The van der Waals surface area contributed by atoms with E-state index in [2.05, 4.69) is 15.0 Å². The minimum atomic E-state index is -1.41. The number of aliphatic hydroxyl groups excluding tert-OH is 1. The predicted molar refractivity (Wildman–Crippen MR) is 125 cm³/mol. The first kappa shape index (κ1) is 24.4. The van der Waals surface area contributed by atoms with Crippen molar-refractivity contribution in [3.05, 3.63) is 115 Å². The topological polar surface area (TPSA) is 152 Å². The van der Waals surface area contributed by atoms with Gasteiger partial charge in [0.05, 0.1) is 26.4 Å². The first-order valence-corrected chi connectivity index (χ1v) is 11.0. The van der Waals surface area contributed by atoms with Crippen molar-refractivity contribution in [2.45, 2.75) is 37.3 Å². The zero-order valence-corrected chi connectivity index (χ0v) is 18.8. The summed E-state index contributed by atoms with van der Waals surface area (Å²) in [6, 6.07) is 19.9. The van der Waals surface area contributed by atoms with Crippen LogP contribution in [0.2, 0.25) is 0 Å². The normalized spacial score (nSPS) is 23.6. The summed E-state index contributed by atoms with van der Waals surface area (Å²) >= 11 is 0. The number of nitrogens with one attached hydrogen (secondary N) is 1. The number of benzene rings is 2. The van der Waals surface area contributed by atoms with Crippen LogP contribution in [0.5, 0.6) is 0 Å². The second kappa shape index (κ2) is 11.1. The molecule has 2 aromatic carbocycles. The number of aromatic nitrogens is 2. The number of aliphatic hydroxyl groups is 1. The van der Waals surface area contributed by atoms with Crippen LogP contribution in [0, 0.1) is 0 Å². The molecule has 4 atom stereocenters. The van der Waals surface area contributed by atoms with Gasteiger partial charge in [-0.15, -0.1) is 0 Å². The summed E-state index contributed by atoms with van der Waals surface area (Å²) < 4.78 is 19.3. The highest BCUT2D eigenvalue weighted by Gasteiger charge is 2.56. The molecule has 182 valence electrons. The maximum Gasteiger partial charge on any atom is 0.330 e. The summed E-state index contributed by atoms with van der Waals surface area (Å²) in [5.41, 5.74) is 8.05. The van der Waals surface area contributed by atoms with E-state index in [1.165, 1.54) is 6.20 Å². The second-order valence-electron chi connectivity index (χ2n) is 8.17. The van der Waals surface area contributed by atoms with E-state index < -0.39 is 35.3 Å². The van der Waals surface area contributed by atoms with Gasteiger partial charge in [0.2, 0.25) is 0 Å². The Bertz CT molecular complexity index is 1270. The maximum atomic E-state index is 12.4. The Labute approximate surface area is 200 Å². The van der Waals surface area contributed by atoms with Crippen LogP contribution in [-0.2, 0) is 27.4 Å². The van der Waals surface area contributed by atoms with Crippen LogP contribution >= 0.6 is 0 Å². The van der Waals surface area contributed by atoms with Crippen LogP contribution in [-0.4, -0.2) is 45.6 Å². The Hall–Kier alpha value is -3.73. The summed E-state index contributed by atoms with van der Waals surface area (Å²) in [6.45, 7) is 0.0678. The second-order valence-corrected chi connectivity index (χ2v) is 8.17. The fourth-order valence-electron chi connectivity index (χ4n) is 4.05. The first-order valence-electron chi connectivity index (χ1n) is 11.0. The molecule has 11 heteroatoms. The Morgan fingerprint density at radius 2 is 1.71 bits per heavy atom. The number of hydrogen-bond acceptors (Lipinski definition) is 7. The predicted octanol–water partition coefficient (Wildman–Crippen LogP) is 2.28. The molecular formula is C24H25N5O6. The average Bonchev–Trinajstić information content (AvgIpc) is 3.14. The molecule has 0 unspecified atom stereocenters. The van der Waals surface area contributed by atoms with Gasteiger partial charge in [0.1, 0.15) is 17.8 Å². The standard InChI is InChI=1S/C24H25N5O6/c25-28-26-15-24(16-33-13-17-7-3-1-4-8-17)21(34-14-18-9-5-2-6-10-18)20(31)22(35-24)29-12-11-19(30)27-23(29)32/h1-12,20-22,31H,13-16H2,(H,27,30,32)/t20-,21+,22+,24+/m0/s1. The van der Waals surface area contributed by atoms with E-state index in [4.69, 9.17) is 19.7 Å². The van der Waals surface area contributed by atoms with Crippen molar-refractivity contribution in [3.8, 4) is 0 Å². The van der Waals surface area contributed by atoms with Crippen LogP contribution in [0.15, 0.2) is 87.6 Å². The Morgan fingerprint density at radius 1 is 1.06 bits per heavy atom. The van der Waals surface area contributed by atoms with Gasteiger partial charge in [-0.1, -0.05) is 65.8 Å². The molecule has 1 aromatic heterocycles. The lowest BCUT2D eigenvalue weighted by Crippen LogP contribution is -2.51. The molecule has 1 fully saturated rings. The minimum absolute atomic E-state index is 0.0912. The minimum Gasteiger partial charge on any atom is -0.386 e. The molecule has 0 saturated carbocycles. The molecule has 35 heavy (non-hydrogen) atoms. The van der Waals surface area contributed by atoms with Crippen molar-refractivity contribution in [1.29, 1.82) is 0 Å². The maximum absolute atomic E-state index is 12.4. The molecule has 1 aliphatic rings. The summed E-state index contributed by atoms with van der Waals surface area (Å²) in [6.07, 6.45) is -2.34. The van der Waals surface area contributed by atoms with Crippen LogP contribution in [0.25, 0.3) is 10.4 Å². The third-order valence-electron chi connectivity index (χ3n) is 5.73. The van der Waals surface area contributed by atoms with E-state index in [0.29, 0.717) is 0 Å². The van der Waals surface area contributed by atoms with Gasteiger partial charge in [-0.3, -0.25) is 14.3 Å². The van der Waals surface area contributed by atoms with E-state index in [1.807, 2.05) is 60.7 Å². The molecule has 0 spiro atoms. The molecular weight excluding hydrogens is 454 g/mol. The number of hydrogen-bond donors (Lipinski definition) is 2.